The Morgan fingerprint density at radius 3 is 1.72 bits per heavy atom. The van der Waals surface area contributed by atoms with Gasteiger partial charge >= 0.3 is 0 Å². The molecule has 3 rings (SSSR count). The summed E-state index contributed by atoms with van der Waals surface area (Å²) in [5, 5.41) is 0. The molecule has 1 unspecified atom stereocenters. The van der Waals surface area contributed by atoms with E-state index >= 15 is 0 Å². The van der Waals surface area contributed by atoms with Crippen LogP contribution in [-0.2, 0) is 0 Å². The van der Waals surface area contributed by atoms with Crippen LogP contribution >= 0.6 is 0 Å². The third-order valence-corrected chi connectivity index (χ3v) is 4.92. The van der Waals surface area contributed by atoms with E-state index in [0.717, 1.165) is 11.8 Å². The maximum absolute atomic E-state index is 5.77. The normalized spacial score (nSPS) is 22.6. The lowest BCUT2D eigenvalue weighted by molar-refractivity contribution is 0.394. The highest BCUT2D eigenvalue weighted by Gasteiger charge is 2.34. The van der Waals surface area contributed by atoms with Crippen molar-refractivity contribution in [3.05, 3.63) is 29.3 Å². The van der Waals surface area contributed by atoms with Gasteiger partial charge in [0.15, 0.2) is 0 Å². The fourth-order valence-electron chi connectivity index (χ4n) is 3.23. The predicted octanol–water partition coefficient (Wildman–Crippen LogP) is 4.72. The topological polar surface area (TPSA) is 9.23 Å². The quantitative estimate of drug-likeness (QED) is 0.728. The van der Waals surface area contributed by atoms with Crippen LogP contribution in [0, 0.1) is 11.8 Å². The number of hydrogen-bond donors (Lipinski definition) is 0. The Morgan fingerprint density at radius 1 is 0.944 bits per heavy atom. The molecule has 2 atom stereocenters. The second-order valence-electron chi connectivity index (χ2n) is 6.22. The van der Waals surface area contributed by atoms with Gasteiger partial charge in [-0.3, -0.25) is 0 Å². The Bertz CT molecular complexity index is 393. The lowest BCUT2D eigenvalue weighted by atomic mass is 9.88. The molecule has 0 amide bonds. The second-order valence-corrected chi connectivity index (χ2v) is 6.22. The molecular formula is C17H24O. The van der Waals surface area contributed by atoms with Gasteiger partial charge in [0.05, 0.1) is 7.11 Å². The molecule has 0 bridgehead atoms. The first-order chi connectivity index (χ1) is 8.72. The monoisotopic (exact) mass is 244 g/mol. The van der Waals surface area contributed by atoms with E-state index in [1.807, 2.05) is 7.11 Å². The van der Waals surface area contributed by atoms with Crippen LogP contribution in [0.3, 0.4) is 0 Å². The molecule has 18 heavy (non-hydrogen) atoms. The highest BCUT2D eigenvalue weighted by atomic mass is 16.5. The second kappa shape index (κ2) is 4.60. The molecule has 0 spiro atoms. The summed E-state index contributed by atoms with van der Waals surface area (Å²) in [5.74, 6) is 4.28. The third kappa shape index (κ3) is 2.15. The standard InChI is InChI=1S/C17H24O/c1-11(13-7-8-13)15-5-4-6-16(17(15)18-3)12(2)14-9-10-14/h4-6,11-14H,7-10H2,1-3H3/t11-,12?/m1/s1. The molecule has 0 aliphatic heterocycles. The lowest BCUT2D eigenvalue weighted by Gasteiger charge is -2.21. The van der Waals surface area contributed by atoms with Crippen LogP contribution in [0.5, 0.6) is 5.75 Å². The molecule has 0 N–H and O–H groups in total. The van der Waals surface area contributed by atoms with Crippen molar-refractivity contribution < 1.29 is 4.74 Å². The molecule has 2 saturated carbocycles. The van der Waals surface area contributed by atoms with Crippen molar-refractivity contribution >= 4 is 0 Å². The number of rotatable bonds is 5. The van der Waals surface area contributed by atoms with Crippen molar-refractivity contribution in [1.29, 1.82) is 0 Å². The smallest absolute Gasteiger partial charge is 0.125 e. The maximum atomic E-state index is 5.77. The van der Waals surface area contributed by atoms with Crippen molar-refractivity contribution in [2.45, 2.75) is 51.4 Å². The molecule has 98 valence electrons. The van der Waals surface area contributed by atoms with Crippen molar-refractivity contribution in [3.63, 3.8) is 0 Å². The van der Waals surface area contributed by atoms with Crippen LogP contribution in [0.15, 0.2) is 18.2 Å². The van der Waals surface area contributed by atoms with Crippen molar-refractivity contribution in [3.8, 4) is 5.75 Å². The molecule has 0 saturated heterocycles. The van der Waals surface area contributed by atoms with Gasteiger partial charge in [-0.25, -0.2) is 0 Å². The number of para-hydroxylation sites is 1. The van der Waals surface area contributed by atoms with E-state index in [0.29, 0.717) is 11.8 Å². The van der Waals surface area contributed by atoms with Crippen LogP contribution in [0.4, 0.5) is 0 Å². The molecule has 1 aromatic carbocycles. The molecule has 1 nitrogen and oxygen atoms in total. The molecular weight excluding hydrogens is 220 g/mol. The summed E-state index contributed by atoms with van der Waals surface area (Å²) < 4.78 is 5.77. The highest BCUT2D eigenvalue weighted by molar-refractivity contribution is 5.46. The summed E-state index contributed by atoms with van der Waals surface area (Å²) >= 11 is 0. The summed E-state index contributed by atoms with van der Waals surface area (Å²) in [6, 6.07) is 6.76. The van der Waals surface area contributed by atoms with Crippen molar-refractivity contribution in [1.82, 2.24) is 0 Å². The van der Waals surface area contributed by atoms with E-state index in [9.17, 15) is 0 Å². The first-order valence-corrected chi connectivity index (χ1v) is 7.39. The Balaban J connectivity index is 1.95. The Morgan fingerprint density at radius 2 is 1.39 bits per heavy atom. The van der Waals surface area contributed by atoms with Crippen molar-refractivity contribution in [2.24, 2.45) is 11.8 Å². The lowest BCUT2D eigenvalue weighted by Crippen LogP contribution is -2.05. The largest absolute Gasteiger partial charge is 0.496 e. The zero-order valence-corrected chi connectivity index (χ0v) is 11.8. The van der Waals surface area contributed by atoms with Gasteiger partial charge in [-0.2, -0.15) is 0 Å². The first-order valence-electron chi connectivity index (χ1n) is 7.39. The van der Waals surface area contributed by atoms with Gasteiger partial charge in [-0.05, 0) is 60.5 Å². The van der Waals surface area contributed by atoms with Gasteiger partial charge in [-0.15, -0.1) is 0 Å². The average molecular weight is 244 g/mol. The Kier molecular flexibility index (Phi) is 3.09. The number of hydrogen-bond acceptors (Lipinski definition) is 1. The minimum atomic E-state index is 0.659. The van der Waals surface area contributed by atoms with Crippen LogP contribution in [-0.4, -0.2) is 7.11 Å². The summed E-state index contributed by atoms with van der Waals surface area (Å²) in [7, 11) is 1.83. The number of methoxy groups -OCH3 is 1. The van der Waals surface area contributed by atoms with Gasteiger partial charge in [0.1, 0.15) is 5.75 Å². The van der Waals surface area contributed by atoms with E-state index in [-0.39, 0.29) is 0 Å². The summed E-state index contributed by atoms with van der Waals surface area (Å²) in [5.41, 5.74) is 2.87. The summed E-state index contributed by atoms with van der Waals surface area (Å²) in [4.78, 5) is 0. The van der Waals surface area contributed by atoms with Gasteiger partial charge in [0.25, 0.3) is 0 Å². The third-order valence-electron chi connectivity index (χ3n) is 4.92. The molecule has 2 aliphatic rings. The first kappa shape index (κ1) is 12.1. The molecule has 0 radical (unpaired) electrons. The minimum Gasteiger partial charge on any atom is -0.496 e. The average Bonchev–Trinajstić information content (AvgIpc) is 3.27. The minimum absolute atomic E-state index is 0.659. The molecule has 0 heterocycles. The maximum Gasteiger partial charge on any atom is 0.125 e. The fraction of sp³-hybridized carbons (Fsp3) is 0.647. The van der Waals surface area contributed by atoms with E-state index < -0.39 is 0 Å². The SMILES string of the molecule is COc1c(C(C)C2CC2)cccc1[C@H](C)C1CC1. The van der Waals surface area contributed by atoms with Gasteiger partial charge < -0.3 is 4.74 Å². The molecule has 1 aromatic rings. The van der Waals surface area contributed by atoms with Crippen LogP contribution in [0.1, 0.15) is 62.5 Å². The zero-order valence-electron chi connectivity index (χ0n) is 11.8. The molecule has 0 aromatic heterocycles. The summed E-state index contributed by atoms with van der Waals surface area (Å²) in [6.07, 6.45) is 5.58. The van der Waals surface area contributed by atoms with Gasteiger partial charge in [0.2, 0.25) is 0 Å². The molecule has 1 heteroatoms. The highest BCUT2D eigenvalue weighted by Crippen LogP contribution is 2.49. The Hall–Kier alpha value is -0.980. The number of benzene rings is 1. The van der Waals surface area contributed by atoms with E-state index in [1.165, 1.54) is 42.6 Å². The van der Waals surface area contributed by atoms with E-state index in [4.69, 9.17) is 4.74 Å². The van der Waals surface area contributed by atoms with Crippen LogP contribution in [0.25, 0.3) is 0 Å². The Labute approximate surface area is 111 Å². The number of ether oxygens (including phenoxy) is 1. The predicted molar refractivity (Wildman–Crippen MR) is 75.3 cm³/mol. The van der Waals surface area contributed by atoms with Crippen molar-refractivity contribution in [2.75, 3.05) is 7.11 Å². The van der Waals surface area contributed by atoms with Crippen LogP contribution < -0.4 is 4.74 Å². The molecule has 2 aliphatic carbocycles. The summed E-state index contributed by atoms with van der Waals surface area (Å²) in [6.45, 7) is 4.72. The zero-order chi connectivity index (χ0) is 12.7. The van der Waals surface area contributed by atoms with Gasteiger partial charge in [-0.1, -0.05) is 32.0 Å². The fourth-order valence-corrected chi connectivity index (χ4v) is 3.23. The van der Waals surface area contributed by atoms with Crippen LogP contribution in [0.2, 0.25) is 0 Å². The van der Waals surface area contributed by atoms with Gasteiger partial charge in [0, 0.05) is 0 Å². The molecule has 2 fully saturated rings. The van der Waals surface area contributed by atoms with E-state index in [1.54, 1.807) is 0 Å². The van der Waals surface area contributed by atoms with E-state index in [2.05, 4.69) is 32.0 Å².